The molecule has 0 bridgehead atoms. The average Bonchev–Trinajstić information content (AvgIpc) is 2.66. The molecule has 2 amide bonds. The van der Waals surface area contributed by atoms with Gasteiger partial charge in [-0.05, 0) is 44.6 Å². The fourth-order valence-corrected chi connectivity index (χ4v) is 3.41. The second-order valence-electron chi connectivity index (χ2n) is 6.49. The molecule has 1 N–H and O–H groups in total. The van der Waals surface area contributed by atoms with Gasteiger partial charge in [-0.3, -0.25) is 9.59 Å². The van der Waals surface area contributed by atoms with Gasteiger partial charge < -0.3 is 19.7 Å². The minimum absolute atomic E-state index is 0.0409. The van der Waals surface area contributed by atoms with Crippen molar-refractivity contribution in [2.45, 2.75) is 38.6 Å². The van der Waals surface area contributed by atoms with Gasteiger partial charge in [0.05, 0.1) is 6.61 Å². The molecule has 7 nitrogen and oxygen atoms in total. The second-order valence-corrected chi connectivity index (χ2v) is 6.49. The molecule has 0 radical (unpaired) electrons. The number of carbonyl (C=O) groups excluding carboxylic acids is 3. The van der Waals surface area contributed by atoms with E-state index in [0.29, 0.717) is 39.1 Å². The third kappa shape index (κ3) is 5.29. The van der Waals surface area contributed by atoms with E-state index in [1.54, 1.807) is 11.8 Å². The molecule has 7 heteroatoms. The normalized spacial score (nSPS) is 20.6. The zero-order valence-corrected chi connectivity index (χ0v) is 14.9. The molecule has 0 aromatic carbocycles. The van der Waals surface area contributed by atoms with Crippen molar-refractivity contribution in [1.82, 2.24) is 10.2 Å². The van der Waals surface area contributed by atoms with Crippen LogP contribution < -0.4 is 5.32 Å². The number of likely N-dealkylation sites (tertiary alicyclic amines) is 1. The number of esters is 1. The predicted molar refractivity (Wildman–Crippen MR) is 91.6 cm³/mol. The molecule has 2 saturated heterocycles. The maximum absolute atomic E-state index is 12.6. The van der Waals surface area contributed by atoms with Crippen LogP contribution in [-0.4, -0.2) is 61.6 Å². The highest BCUT2D eigenvalue weighted by atomic mass is 16.5. The summed E-state index contributed by atoms with van der Waals surface area (Å²) in [5.74, 6) is -0.757. The molecule has 0 spiro atoms. The van der Waals surface area contributed by atoms with E-state index in [1.165, 1.54) is 6.08 Å². The Morgan fingerprint density at radius 2 is 1.88 bits per heavy atom. The minimum atomic E-state index is -0.621. The zero-order chi connectivity index (χ0) is 18.2. The quantitative estimate of drug-likeness (QED) is 0.567. The van der Waals surface area contributed by atoms with Crippen LogP contribution in [0.3, 0.4) is 0 Å². The molecule has 2 heterocycles. The lowest BCUT2D eigenvalue weighted by Gasteiger charge is -2.33. The largest absolute Gasteiger partial charge is 0.464 e. The van der Waals surface area contributed by atoms with Crippen LogP contribution in [0.25, 0.3) is 0 Å². The number of nitrogens with one attached hydrogen (secondary N) is 1. The van der Waals surface area contributed by atoms with Gasteiger partial charge in [0.25, 0.3) is 0 Å². The molecule has 0 saturated carbocycles. The molecule has 2 rings (SSSR count). The Morgan fingerprint density at radius 3 is 2.44 bits per heavy atom. The van der Waals surface area contributed by atoms with Gasteiger partial charge in [-0.25, -0.2) is 4.79 Å². The van der Waals surface area contributed by atoms with Crippen molar-refractivity contribution in [2.24, 2.45) is 11.8 Å². The molecule has 0 aromatic heterocycles. The Balaban J connectivity index is 1.93. The van der Waals surface area contributed by atoms with Crippen molar-refractivity contribution in [3.8, 4) is 0 Å². The summed E-state index contributed by atoms with van der Waals surface area (Å²) in [5.41, 5.74) is 0. The number of amides is 2. The van der Waals surface area contributed by atoms with E-state index in [4.69, 9.17) is 9.47 Å². The molecule has 1 atom stereocenters. The molecule has 2 aliphatic heterocycles. The molecular formula is C18H28N2O5. The first-order valence-corrected chi connectivity index (χ1v) is 9.02. The fourth-order valence-electron chi connectivity index (χ4n) is 3.41. The van der Waals surface area contributed by atoms with Crippen molar-refractivity contribution in [2.75, 3.05) is 32.9 Å². The van der Waals surface area contributed by atoms with E-state index in [2.05, 4.69) is 11.9 Å². The van der Waals surface area contributed by atoms with E-state index in [9.17, 15) is 14.4 Å². The lowest BCUT2D eigenvalue weighted by Crippen LogP contribution is -2.51. The van der Waals surface area contributed by atoms with Crippen molar-refractivity contribution >= 4 is 17.8 Å². The Labute approximate surface area is 148 Å². The number of nitrogens with zero attached hydrogens (tertiary/aromatic N) is 1. The summed E-state index contributed by atoms with van der Waals surface area (Å²) in [6.45, 7) is 7.79. The summed E-state index contributed by atoms with van der Waals surface area (Å²) in [4.78, 5) is 38.2. The number of carbonyl (C=O) groups is 3. The van der Waals surface area contributed by atoms with Crippen LogP contribution >= 0.6 is 0 Å². The summed E-state index contributed by atoms with van der Waals surface area (Å²) in [7, 11) is 0. The first kappa shape index (κ1) is 19.4. The molecule has 2 aliphatic rings. The second kappa shape index (κ2) is 9.56. The third-order valence-corrected chi connectivity index (χ3v) is 4.93. The maximum atomic E-state index is 12.6. The molecule has 140 valence electrons. The summed E-state index contributed by atoms with van der Waals surface area (Å²) < 4.78 is 10.5. The summed E-state index contributed by atoms with van der Waals surface area (Å²) in [5, 5.41) is 2.91. The molecule has 0 aromatic rings. The monoisotopic (exact) mass is 352 g/mol. The van der Waals surface area contributed by atoms with Crippen LogP contribution in [0.1, 0.15) is 32.6 Å². The van der Waals surface area contributed by atoms with Crippen LogP contribution in [0.4, 0.5) is 0 Å². The van der Waals surface area contributed by atoms with Crippen molar-refractivity contribution in [3.05, 3.63) is 12.7 Å². The summed E-state index contributed by atoms with van der Waals surface area (Å²) >= 11 is 0. The fraction of sp³-hybridized carbons (Fsp3) is 0.722. The van der Waals surface area contributed by atoms with Crippen LogP contribution in [0.5, 0.6) is 0 Å². The Kier molecular flexibility index (Phi) is 7.43. The lowest BCUT2D eigenvalue weighted by atomic mass is 9.90. The topological polar surface area (TPSA) is 84.9 Å². The maximum Gasteiger partial charge on any atom is 0.328 e. The highest BCUT2D eigenvalue weighted by Crippen LogP contribution is 2.22. The van der Waals surface area contributed by atoms with Gasteiger partial charge in [-0.1, -0.05) is 6.58 Å². The predicted octanol–water partition coefficient (Wildman–Crippen LogP) is 0.885. The number of hydrogen-bond donors (Lipinski definition) is 1. The van der Waals surface area contributed by atoms with Crippen LogP contribution in [0.2, 0.25) is 0 Å². The van der Waals surface area contributed by atoms with Crippen LogP contribution in [0.15, 0.2) is 12.7 Å². The van der Waals surface area contributed by atoms with Crippen molar-refractivity contribution in [3.63, 3.8) is 0 Å². The van der Waals surface area contributed by atoms with Gasteiger partial charge in [0.2, 0.25) is 11.8 Å². The lowest BCUT2D eigenvalue weighted by molar-refractivity contribution is -0.150. The van der Waals surface area contributed by atoms with Gasteiger partial charge in [0.15, 0.2) is 0 Å². The van der Waals surface area contributed by atoms with Gasteiger partial charge in [0.1, 0.15) is 6.04 Å². The van der Waals surface area contributed by atoms with E-state index in [0.717, 1.165) is 12.8 Å². The number of ether oxygens (including phenoxy) is 2. The van der Waals surface area contributed by atoms with Gasteiger partial charge in [-0.15, -0.1) is 0 Å². The smallest absolute Gasteiger partial charge is 0.328 e. The summed E-state index contributed by atoms with van der Waals surface area (Å²) in [6.07, 6.45) is 3.94. The van der Waals surface area contributed by atoms with Gasteiger partial charge >= 0.3 is 5.97 Å². The molecule has 25 heavy (non-hydrogen) atoms. The number of piperidine rings is 1. The Hall–Kier alpha value is -1.89. The molecular weight excluding hydrogens is 324 g/mol. The highest BCUT2D eigenvalue weighted by molar-refractivity contribution is 5.88. The first-order chi connectivity index (χ1) is 12.1. The van der Waals surface area contributed by atoms with Crippen molar-refractivity contribution in [1.29, 1.82) is 0 Å². The minimum Gasteiger partial charge on any atom is -0.464 e. The van der Waals surface area contributed by atoms with E-state index in [-0.39, 0.29) is 36.2 Å². The van der Waals surface area contributed by atoms with Gasteiger partial charge in [-0.2, -0.15) is 0 Å². The van der Waals surface area contributed by atoms with E-state index < -0.39 is 6.04 Å². The average molecular weight is 352 g/mol. The highest BCUT2D eigenvalue weighted by Gasteiger charge is 2.35. The van der Waals surface area contributed by atoms with Gasteiger partial charge in [0, 0.05) is 32.2 Å². The molecule has 0 aliphatic carbocycles. The van der Waals surface area contributed by atoms with Crippen molar-refractivity contribution < 1.29 is 23.9 Å². The standard InChI is InChI=1S/C18H28N2O5/c1-3-15(21)20-9-5-14(6-10-20)17(22)19-16(18(23)25-4-2)13-7-11-24-12-8-13/h3,13-14,16H,1,4-12H2,2H3,(H,19,22). The number of rotatable bonds is 6. The van der Waals surface area contributed by atoms with Crippen LogP contribution in [0, 0.1) is 11.8 Å². The number of hydrogen-bond acceptors (Lipinski definition) is 5. The summed E-state index contributed by atoms with van der Waals surface area (Å²) in [6, 6.07) is -0.621. The van der Waals surface area contributed by atoms with E-state index in [1.807, 2.05) is 0 Å². The zero-order valence-electron chi connectivity index (χ0n) is 14.9. The third-order valence-electron chi connectivity index (χ3n) is 4.93. The Morgan fingerprint density at radius 1 is 1.24 bits per heavy atom. The first-order valence-electron chi connectivity index (χ1n) is 9.02. The molecule has 2 fully saturated rings. The van der Waals surface area contributed by atoms with E-state index >= 15 is 0 Å². The molecule has 1 unspecified atom stereocenters. The SMILES string of the molecule is C=CC(=O)N1CCC(C(=O)NC(C(=O)OCC)C2CCOCC2)CC1. The van der Waals surface area contributed by atoms with Crippen LogP contribution in [-0.2, 0) is 23.9 Å². The Bertz CT molecular complexity index is 494.